The third kappa shape index (κ3) is 0.932. The maximum absolute atomic E-state index is 10.7. The van der Waals surface area contributed by atoms with Crippen molar-refractivity contribution in [2.45, 2.75) is 0 Å². The number of benzene rings is 1. The first kappa shape index (κ1) is 7.77. The Bertz CT molecular complexity index is 614. The van der Waals surface area contributed by atoms with E-state index in [0.717, 1.165) is 21.8 Å². The number of nitrogens with zero attached hydrogens (tertiary/aromatic N) is 2. The van der Waals surface area contributed by atoms with Gasteiger partial charge in [0, 0.05) is 17.0 Å². The molecular formula is C10H5N2OP. The van der Waals surface area contributed by atoms with Crippen LogP contribution in [-0.2, 0) is 4.57 Å². The molecule has 0 amide bonds. The van der Waals surface area contributed by atoms with Crippen LogP contribution in [0.2, 0.25) is 0 Å². The van der Waals surface area contributed by atoms with Gasteiger partial charge in [-0.1, -0.05) is 6.07 Å². The number of rotatable bonds is 1. The van der Waals surface area contributed by atoms with Crippen molar-refractivity contribution in [3.8, 4) is 0 Å². The Balaban J connectivity index is 2.41. The predicted molar refractivity (Wildman–Crippen MR) is 55.4 cm³/mol. The summed E-state index contributed by atoms with van der Waals surface area (Å²) in [4.78, 5) is 8.45. The van der Waals surface area contributed by atoms with Crippen molar-refractivity contribution in [2.75, 3.05) is 0 Å². The molecule has 0 spiro atoms. The topological polar surface area (TPSA) is 41.8 Å². The van der Waals surface area contributed by atoms with E-state index in [9.17, 15) is 4.57 Å². The summed E-state index contributed by atoms with van der Waals surface area (Å²) < 4.78 is 10.7. The Morgan fingerprint density at radius 2 is 2.21 bits per heavy atom. The maximum Gasteiger partial charge on any atom is 0.212 e. The minimum atomic E-state index is -0.0317. The normalized spacial score (nSPS) is 15.9. The summed E-state index contributed by atoms with van der Waals surface area (Å²) in [5, 5.41) is 1.95. The van der Waals surface area contributed by atoms with Crippen LogP contribution in [-0.4, -0.2) is 5.45 Å². The second-order valence-corrected chi connectivity index (χ2v) is 3.73. The van der Waals surface area contributed by atoms with Gasteiger partial charge in [0.2, 0.25) is 8.46 Å². The molecule has 2 aliphatic rings. The molecule has 0 aliphatic carbocycles. The molecule has 2 heterocycles. The van der Waals surface area contributed by atoms with Crippen LogP contribution in [0.5, 0.6) is 0 Å². The Labute approximate surface area is 81.4 Å². The highest BCUT2D eigenvalue weighted by molar-refractivity contribution is 7.48. The second-order valence-electron chi connectivity index (χ2n) is 3.09. The molecule has 0 N–H and O–H groups in total. The van der Waals surface area contributed by atoms with Crippen molar-refractivity contribution in [1.29, 1.82) is 0 Å². The molecule has 0 saturated carbocycles. The second kappa shape index (κ2) is 2.69. The van der Waals surface area contributed by atoms with Crippen molar-refractivity contribution in [1.82, 2.24) is 0 Å². The number of hydrogen-bond acceptors (Lipinski definition) is 3. The summed E-state index contributed by atoms with van der Waals surface area (Å²) in [6.07, 6.45) is 5.51. The third-order valence-electron chi connectivity index (χ3n) is 2.28. The Kier molecular flexibility index (Phi) is 1.49. The lowest BCUT2D eigenvalue weighted by Crippen LogP contribution is -2.09. The smallest absolute Gasteiger partial charge is 0.212 e. The highest BCUT2D eigenvalue weighted by Crippen LogP contribution is 2.21. The van der Waals surface area contributed by atoms with E-state index in [1.165, 1.54) is 0 Å². The fraction of sp³-hybridized carbons (Fsp3) is 0. The summed E-state index contributed by atoms with van der Waals surface area (Å²) >= 11 is 0. The zero-order chi connectivity index (χ0) is 9.54. The zero-order valence-electron chi connectivity index (χ0n) is 7.14. The lowest BCUT2D eigenvalue weighted by Gasteiger charge is -1.94. The third-order valence-corrected chi connectivity index (χ3v) is 2.70. The average molecular weight is 200 g/mol. The van der Waals surface area contributed by atoms with E-state index < -0.39 is 0 Å². The van der Waals surface area contributed by atoms with Gasteiger partial charge in [-0.3, -0.25) is 9.56 Å². The minimum Gasteiger partial charge on any atom is -0.268 e. The van der Waals surface area contributed by atoms with Gasteiger partial charge in [0.25, 0.3) is 0 Å². The van der Waals surface area contributed by atoms with Crippen molar-refractivity contribution in [2.24, 2.45) is 9.98 Å². The Morgan fingerprint density at radius 1 is 1.29 bits per heavy atom. The fourth-order valence-electron chi connectivity index (χ4n) is 1.66. The van der Waals surface area contributed by atoms with Crippen LogP contribution in [0, 0.1) is 0 Å². The van der Waals surface area contributed by atoms with Gasteiger partial charge in [0.15, 0.2) is 0 Å². The molecule has 4 heteroatoms. The SMILES string of the molecule is O=PC1=Nc2c3c(ccc2=C1)=NC=C3. The molecule has 0 atom stereocenters. The van der Waals surface area contributed by atoms with Gasteiger partial charge in [0.1, 0.15) is 5.45 Å². The molecule has 66 valence electrons. The summed E-state index contributed by atoms with van der Waals surface area (Å²) in [5.41, 5.74) is 2.49. The molecule has 14 heavy (non-hydrogen) atoms. The van der Waals surface area contributed by atoms with Crippen LogP contribution in [0.15, 0.2) is 28.3 Å². The maximum atomic E-state index is 10.7. The van der Waals surface area contributed by atoms with E-state index in [0.29, 0.717) is 5.45 Å². The highest BCUT2D eigenvalue weighted by Gasteiger charge is 2.12. The van der Waals surface area contributed by atoms with Gasteiger partial charge in [0.05, 0.1) is 11.0 Å². The lowest BCUT2D eigenvalue weighted by molar-refractivity contribution is 0.604. The summed E-state index contributed by atoms with van der Waals surface area (Å²) in [5.74, 6) is 0. The van der Waals surface area contributed by atoms with Gasteiger partial charge in [-0.15, -0.1) is 0 Å². The molecule has 0 saturated heterocycles. The van der Waals surface area contributed by atoms with E-state index in [4.69, 9.17) is 0 Å². The first-order valence-corrected chi connectivity index (χ1v) is 5.01. The van der Waals surface area contributed by atoms with Crippen LogP contribution < -0.4 is 10.6 Å². The standard InChI is InChI=1S/C10H5N2OP/c13-14-9-5-6-1-2-8-7(3-4-11-8)10(6)12-9/h1-5H. The van der Waals surface area contributed by atoms with Gasteiger partial charge >= 0.3 is 0 Å². The summed E-state index contributed by atoms with van der Waals surface area (Å²) in [6.45, 7) is 0. The lowest BCUT2D eigenvalue weighted by atomic mass is 10.1. The van der Waals surface area contributed by atoms with E-state index in [2.05, 4.69) is 9.98 Å². The van der Waals surface area contributed by atoms with E-state index in [1.54, 1.807) is 6.20 Å². The van der Waals surface area contributed by atoms with Crippen LogP contribution in [0.25, 0.3) is 12.2 Å². The van der Waals surface area contributed by atoms with Crippen molar-refractivity contribution < 1.29 is 4.57 Å². The first-order chi connectivity index (χ1) is 6.88. The van der Waals surface area contributed by atoms with Gasteiger partial charge in [-0.2, -0.15) is 0 Å². The fourth-order valence-corrected chi connectivity index (χ4v) is 1.99. The largest absolute Gasteiger partial charge is 0.268 e. The average Bonchev–Trinajstić information content (AvgIpc) is 2.82. The molecule has 0 fully saturated rings. The van der Waals surface area contributed by atoms with E-state index in [1.807, 2.05) is 24.3 Å². The van der Waals surface area contributed by atoms with Gasteiger partial charge in [-0.25, -0.2) is 4.99 Å². The molecule has 0 unspecified atom stereocenters. The quantitative estimate of drug-likeness (QED) is 0.632. The van der Waals surface area contributed by atoms with E-state index >= 15 is 0 Å². The molecule has 1 aromatic carbocycles. The molecule has 0 bridgehead atoms. The molecule has 2 aliphatic heterocycles. The monoisotopic (exact) mass is 200 g/mol. The van der Waals surface area contributed by atoms with Crippen LogP contribution >= 0.6 is 8.46 Å². The highest BCUT2D eigenvalue weighted by atomic mass is 31.1. The molecule has 3 rings (SSSR count). The summed E-state index contributed by atoms with van der Waals surface area (Å²) in [6, 6.07) is 3.90. The molecule has 3 nitrogen and oxygen atoms in total. The van der Waals surface area contributed by atoms with Crippen molar-refractivity contribution in [3.63, 3.8) is 0 Å². The van der Waals surface area contributed by atoms with Crippen LogP contribution in [0.4, 0.5) is 5.69 Å². The van der Waals surface area contributed by atoms with Crippen molar-refractivity contribution in [3.05, 3.63) is 34.5 Å². The molecular weight excluding hydrogens is 195 g/mol. The van der Waals surface area contributed by atoms with E-state index in [-0.39, 0.29) is 8.46 Å². The predicted octanol–water partition coefficient (Wildman–Crippen LogP) is 1.41. The minimum absolute atomic E-state index is 0.0317. The number of aliphatic imine (C=N–C) groups is 1. The Morgan fingerprint density at radius 3 is 3.07 bits per heavy atom. The first-order valence-electron chi connectivity index (χ1n) is 4.20. The molecule has 0 radical (unpaired) electrons. The number of hydrogen-bond donors (Lipinski definition) is 0. The zero-order valence-corrected chi connectivity index (χ0v) is 8.03. The van der Waals surface area contributed by atoms with Crippen LogP contribution in [0.3, 0.4) is 0 Å². The molecule has 0 aromatic heterocycles. The number of fused-ring (bicyclic) bond motifs is 3. The summed E-state index contributed by atoms with van der Waals surface area (Å²) in [7, 11) is -0.0317. The molecule has 1 aromatic rings. The van der Waals surface area contributed by atoms with Gasteiger partial charge in [-0.05, 0) is 18.2 Å². The van der Waals surface area contributed by atoms with Crippen molar-refractivity contribution >= 4 is 31.8 Å². The Hall–Kier alpha value is -1.60. The van der Waals surface area contributed by atoms with Crippen LogP contribution in [0.1, 0.15) is 5.56 Å². The van der Waals surface area contributed by atoms with Gasteiger partial charge < -0.3 is 0 Å².